The van der Waals surface area contributed by atoms with Gasteiger partial charge < -0.3 is 10.1 Å². The predicted octanol–water partition coefficient (Wildman–Crippen LogP) is 7.37. The molecule has 3 aromatic rings. The standard InChI is InChI=1S/C34H41NO3S/c1-38-33(37)31-24-14-13-23-30(31)32(36)35-25-15-2-3-16-26-39-34(27-17-7-4-8-18-27,28-19-9-5-10-20-28)29-21-11-6-12-22-29/h4-12,17-22,30-31H,2-3,13-16,23-26H2,1H3,(H,35,36)/t30?,31-/m1/s1. The Hall–Kier alpha value is -3.05. The van der Waals surface area contributed by atoms with Crippen LogP contribution in [0.1, 0.15) is 68.1 Å². The Morgan fingerprint density at radius 2 is 1.23 bits per heavy atom. The summed E-state index contributed by atoms with van der Waals surface area (Å²) in [6, 6.07) is 32.5. The maximum absolute atomic E-state index is 12.8. The van der Waals surface area contributed by atoms with Gasteiger partial charge in [-0.15, -0.1) is 11.8 Å². The van der Waals surface area contributed by atoms with Gasteiger partial charge in [0, 0.05) is 6.54 Å². The smallest absolute Gasteiger partial charge is 0.309 e. The monoisotopic (exact) mass is 543 g/mol. The molecule has 0 spiro atoms. The average Bonchev–Trinajstić information content (AvgIpc) is 3.01. The summed E-state index contributed by atoms with van der Waals surface area (Å²) in [6.07, 6.45) is 7.76. The summed E-state index contributed by atoms with van der Waals surface area (Å²) < 4.78 is 4.67. The van der Waals surface area contributed by atoms with Gasteiger partial charge in [-0.3, -0.25) is 9.59 Å². The highest BCUT2D eigenvalue weighted by atomic mass is 32.2. The Balaban J connectivity index is 1.31. The van der Waals surface area contributed by atoms with Crippen molar-refractivity contribution in [2.24, 2.45) is 11.8 Å². The summed E-state index contributed by atoms with van der Waals surface area (Å²) in [7, 11) is 1.41. The highest BCUT2D eigenvalue weighted by Crippen LogP contribution is 2.48. The number of amides is 1. The molecule has 0 bridgehead atoms. The molecule has 1 N–H and O–H groups in total. The second-order valence-electron chi connectivity index (χ2n) is 10.4. The van der Waals surface area contributed by atoms with E-state index in [0.717, 1.165) is 57.1 Å². The third-order valence-electron chi connectivity index (χ3n) is 7.84. The number of rotatable bonds is 13. The van der Waals surface area contributed by atoms with E-state index in [1.54, 1.807) is 0 Å². The van der Waals surface area contributed by atoms with E-state index < -0.39 is 0 Å². The summed E-state index contributed by atoms with van der Waals surface area (Å²) in [5.41, 5.74) is 3.88. The van der Waals surface area contributed by atoms with Crippen LogP contribution in [0.3, 0.4) is 0 Å². The van der Waals surface area contributed by atoms with Crippen LogP contribution >= 0.6 is 11.8 Å². The molecule has 1 saturated carbocycles. The minimum atomic E-state index is -0.292. The zero-order valence-electron chi connectivity index (χ0n) is 23.0. The number of methoxy groups -OCH3 is 1. The molecule has 5 heteroatoms. The Bertz CT molecular complexity index is 1060. The van der Waals surface area contributed by atoms with E-state index in [-0.39, 0.29) is 28.5 Å². The number of benzene rings is 3. The van der Waals surface area contributed by atoms with Gasteiger partial charge in [0.25, 0.3) is 0 Å². The number of thioether (sulfide) groups is 1. The molecule has 0 saturated heterocycles. The number of hydrogen-bond donors (Lipinski definition) is 1. The van der Waals surface area contributed by atoms with Gasteiger partial charge in [0.15, 0.2) is 0 Å². The maximum atomic E-state index is 12.8. The lowest BCUT2D eigenvalue weighted by molar-refractivity contribution is -0.152. The van der Waals surface area contributed by atoms with E-state index in [1.165, 1.54) is 23.8 Å². The van der Waals surface area contributed by atoms with Crippen molar-refractivity contribution >= 4 is 23.6 Å². The number of esters is 1. The van der Waals surface area contributed by atoms with Crippen LogP contribution in [-0.4, -0.2) is 31.3 Å². The molecule has 1 amide bonds. The van der Waals surface area contributed by atoms with E-state index in [1.807, 2.05) is 11.8 Å². The lowest BCUT2D eigenvalue weighted by Crippen LogP contribution is -2.40. The first-order chi connectivity index (χ1) is 19.2. The van der Waals surface area contributed by atoms with Crippen molar-refractivity contribution in [3.63, 3.8) is 0 Å². The Morgan fingerprint density at radius 3 is 1.74 bits per heavy atom. The van der Waals surface area contributed by atoms with Crippen molar-refractivity contribution in [1.82, 2.24) is 5.32 Å². The van der Waals surface area contributed by atoms with Crippen molar-refractivity contribution in [3.05, 3.63) is 108 Å². The molecule has 4 nitrogen and oxygen atoms in total. The van der Waals surface area contributed by atoms with Crippen molar-refractivity contribution in [1.29, 1.82) is 0 Å². The van der Waals surface area contributed by atoms with Gasteiger partial charge in [0.05, 0.1) is 23.7 Å². The summed E-state index contributed by atoms with van der Waals surface area (Å²) >= 11 is 2.01. The molecule has 0 aliphatic heterocycles. The van der Waals surface area contributed by atoms with Crippen molar-refractivity contribution < 1.29 is 14.3 Å². The lowest BCUT2D eigenvalue weighted by atomic mass is 9.78. The van der Waals surface area contributed by atoms with Gasteiger partial charge in [0.1, 0.15) is 0 Å². The number of carbonyl (C=O) groups is 2. The second kappa shape index (κ2) is 14.9. The first-order valence-corrected chi connectivity index (χ1v) is 15.3. The summed E-state index contributed by atoms with van der Waals surface area (Å²) in [4.78, 5) is 24.9. The first-order valence-electron chi connectivity index (χ1n) is 14.3. The van der Waals surface area contributed by atoms with E-state index in [9.17, 15) is 9.59 Å². The predicted molar refractivity (Wildman–Crippen MR) is 161 cm³/mol. The Morgan fingerprint density at radius 1 is 0.744 bits per heavy atom. The highest BCUT2D eigenvalue weighted by molar-refractivity contribution is 8.00. The van der Waals surface area contributed by atoms with E-state index >= 15 is 0 Å². The second-order valence-corrected chi connectivity index (χ2v) is 11.7. The SMILES string of the molecule is COC(=O)[C@@H]1CCCCC1C(=O)NCCCCCCSC(c1ccccc1)(c1ccccc1)c1ccccc1. The van der Waals surface area contributed by atoms with Crippen LogP contribution in [0.5, 0.6) is 0 Å². The number of unbranched alkanes of at least 4 members (excludes halogenated alkanes) is 3. The molecular weight excluding hydrogens is 502 g/mol. The third kappa shape index (κ3) is 7.33. The number of carbonyl (C=O) groups excluding carboxylic acids is 2. The number of hydrogen-bond acceptors (Lipinski definition) is 4. The number of nitrogens with one attached hydrogen (secondary N) is 1. The first kappa shape index (κ1) is 28.9. The summed E-state index contributed by atoms with van der Waals surface area (Å²) in [5, 5.41) is 3.09. The van der Waals surface area contributed by atoms with Crippen molar-refractivity contribution in [3.8, 4) is 0 Å². The summed E-state index contributed by atoms with van der Waals surface area (Å²) in [5.74, 6) is 0.266. The van der Waals surface area contributed by atoms with Crippen LogP contribution in [0.15, 0.2) is 91.0 Å². The van der Waals surface area contributed by atoms with Crippen LogP contribution in [0, 0.1) is 11.8 Å². The van der Waals surface area contributed by atoms with Crippen molar-refractivity contribution in [2.75, 3.05) is 19.4 Å². The minimum absolute atomic E-state index is 0.0130. The van der Waals surface area contributed by atoms with Gasteiger partial charge in [-0.1, -0.05) is 117 Å². The maximum Gasteiger partial charge on any atom is 0.309 e. The fourth-order valence-corrected chi connectivity index (χ4v) is 7.36. The normalized spacial score (nSPS) is 17.4. The zero-order valence-corrected chi connectivity index (χ0v) is 23.8. The molecule has 39 heavy (non-hydrogen) atoms. The fourth-order valence-electron chi connectivity index (χ4n) is 5.80. The average molecular weight is 544 g/mol. The molecule has 1 unspecified atom stereocenters. The molecule has 0 heterocycles. The molecule has 1 fully saturated rings. The van der Waals surface area contributed by atoms with Gasteiger partial charge in [-0.25, -0.2) is 0 Å². The van der Waals surface area contributed by atoms with E-state index in [0.29, 0.717) is 6.54 Å². The van der Waals surface area contributed by atoms with Gasteiger partial charge in [0.2, 0.25) is 5.91 Å². The fraction of sp³-hybridized carbons (Fsp3) is 0.412. The zero-order chi connectivity index (χ0) is 27.3. The number of ether oxygens (including phenoxy) is 1. The third-order valence-corrected chi connectivity index (χ3v) is 9.47. The molecule has 1 aliphatic rings. The topological polar surface area (TPSA) is 55.4 Å². The molecule has 0 aromatic heterocycles. The van der Waals surface area contributed by atoms with E-state index in [4.69, 9.17) is 4.74 Å². The van der Waals surface area contributed by atoms with Crippen LogP contribution in [0.4, 0.5) is 0 Å². The lowest BCUT2D eigenvalue weighted by Gasteiger charge is -2.35. The van der Waals surface area contributed by atoms with Gasteiger partial charge >= 0.3 is 5.97 Å². The molecule has 1 aliphatic carbocycles. The van der Waals surface area contributed by atoms with Gasteiger partial charge in [-0.2, -0.15) is 0 Å². The molecule has 3 aromatic carbocycles. The molecule has 0 radical (unpaired) electrons. The largest absolute Gasteiger partial charge is 0.469 e. The van der Waals surface area contributed by atoms with Crippen LogP contribution in [0.25, 0.3) is 0 Å². The Kier molecular flexibility index (Phi) is 11.1. The van der Waals surface area contributed by atoms with E-state index in [2.05, 4.69) is 96.3 Å². The quantitative estimate of drug-likeness (QED) is 0.139. The molecule has 4 rings (SSSR count). The van der Waals surface area contributed by atoms with Crippen LogP contribution < -0.4 is 5.32 Å². The molecule has 206 valence electrons. The minimum Gasteiger partial charge on any atom is -0.469 e. The van der Waals surface area contributed by atoms with Gasteiger partial charge in [-0.05, 0) is 48.1 Å². The summed E-state index contributed by atoms with van der Waals surface area (Å²) in [6.45, 7) is 0.665. The van der Waals surface area contributed by atoms with Crippen LogP contribution in [0.2, 0.25) is 0 Å². The highest BCUT2D eigenvalue weighted by Gasteiger charge is 2.37. The molecule has 2 atom stereocenters. The van der Waals surface area contributed by atoms with Crippen molar-refractivity contribution in [2.45, 2.75) is 56.1 Å². The van der Waals surface area contributed by atoms with Crippen LogP contribution in [-0.2, 0) is 19.1 Å². The molecular formula is C34H41NO3S. The Labute approximate surface area is 237 Å².